The van der Waals surface area contributed by atoms with E-state index in [1.54, 1.807) is 6.92 Å². The summed E-state index contributed by atoms with van der Waals surface area (Å²) in [6, 6.07) is 1.48. The van der Waals surface area contributed by atoms with Crippen molar-refractivity contribution in [1.29, 1.82) is 0 Å². The Hall–Kier alpha value is -0.660. The summed E-state index contributed by atoms with van der Waals surface area (Å²) in [4.78, 5) is 3.90. The van der Waals surface area contributed by atoms with Gasteiger partial charge in [0.2, 0.25) is 10.0 Å². The van der Waals surface area contributed by atoms with Crippen LogP contribution in [0.15, 0.2) is 21.6 Å². The molecule has 0 radical (unpaired) electrons. The highest BCUT2D eigenvalue weighted by Crippen LogP contribution is 2.23. The van der Waals surface area contributed by atoms with Crippen LogP contribution in [0.4, 0.5) is 5.82 Å². The van der Waals surface area contributed by atoms with Crippen LogP contribution in [-0.2, 0) is 10.0 Å². The number of nitrogens with zero attached hydrogens (tertiary/aromatic N) is 2. The minimum Gasteiger partial charge on any atom is -0.383 e. The number of rotatable bonds is 5. The van der Waals surface area contributed by atoms with Crippen molar-refractivity contribution < 1.29 is 8.42 Å². The average molecular weight is 322 g/mol. The third-order valence-electron chi connectivity index (χ3n) is 2.29. The van der Waals surface area contributed by atoms with Gasteiger partial charge in [-0.15, -0.1) is 0 Å². The van der Waals surface area contributed by atoms with Crippen molar-refractivity contribution >= 4 is 31.8 Å². The van der Waals surface area contributed by atoms with Gasteiger partial charge in [0, 0.05) is 23.8 Å². The Morgan fingerprint density at radius 1 is 1.47 bits per heavy atom. The Bertz CT molecular complexity index is 490. The molecule has 0 spiro atoms. The van der Waals surface area contributed by atoms with E-state index in [1.165, 1.54) is 16.6 Å². The third kappa shape index (κ3) is 3.17. The van der Waals surface area contributed by atoms with Crippen LogP contribution in [0.25, 0.3) is 0 Å². The fraction of sp³-hybridized carbons (Fsp3) is 0.500. The maximum atomic E-state index is 12.3. The van der Waals surface area contributed by atoms with Crippen molar-refractivity contribution in [1.82, 2.24) is 9.29 Å². The van der Waals surface area contributed by atoms with Gasteiger partial charge in [-0.3, -0.25) is 0 Å². The maximum absolute atomic E-state index is 12.3. The number of hydrogen-bond acceptors (Lipinski definition) is 4. The van der Waals surface area contributed by atoms with E-state index in [9.17, 15) is 8.42 Å². The second kappa shape index (κ2) is 5.79. The third-order valence-corrected chi connectivity index (χ3v) is 4.73. The number of hydrogen-bond donors (Lipinski definition) is 1. The molecule has 1 rings (SSSR count). The van der Waals surface area contributed by atoms with Crippen molar-refractivity contribution in [2.75, 3.05) is 18.8 Å². The predicted octanol–water partition coefficient (Wildman–Crippen LogP) is 1.85. The van der Waals surface area contributed by atoms with Crippen LogP contribution in [0.2, 0.25) is 0 Å². The zero-order valence-corrected chi connectivity index (χ0v) is 12.3. The number of sulfonamides is 1. The lowest BCUT2D eigenvalue weighted by Crippen LogP contribution is -2.32. The van der Waals surface area contributed by atoms with Gasteiger partial charge in [-0.25, -0.2) is 13.4 Å². The minimum atomic E-state index is -3.55. The summed E-state index contributed by atoms with van der Waals surface area (Å²) in [5, 5.41) is 0. The smallest absolute Gasteiger partial charge is 0.246 e. The monoisotopic (exact) mass is 321 g/mol. The number of nitrogen functional groups attached to an aromatic ring is 1. The molecule has 0 aliphatic rings. The Labute approximate surface area is 110 Å². The summed E-state index contributed by atoms with van der Waals surface area (Å²) in [5.74, 6) is 0.0303. The second-order valence-corrected chi connectivity index (χ2v) is 6.36. The number of anilines is 1. The van der Waals surface area contributed by atoms with Crippen molar-refractivity contribution in [3.8, 4) is 0 Å². The van der Waals surface area contributed by atoms with Gasteiger partial charge < -0.3 is 5.73 Å². The van der Waals surface area contributed by atoms with E-state index in [-0.39, 0.29) is 10.7 Å². The summed E-state index contributed by atoms with van der Waals surface area (Å²) < 4.78 is 26.6. The van der Waals surface area contributed by atoms with Gasteiger partial charge in [0.05, 0.1) is 0 Å². The first kappa shape index (κ1) is 14.4. The zero-order chi connectivity index (χ0) is 13.1. The largest absolute Gasteiger partial charge is 0.383 e. The van der Waals surface area contributed by atoms with Gasteiger partial charge in [-0.1, -0.05) is 13.8 Å². The second-order valence-electron chi connectivity index (χ2n) is 3.53. The highest BCUT2D eigenvalue weighted by atomic mass is 79.9. The van der Waals surface area contributed by atoms with Crippen LogP contribution < -0.4 is 5.73 Å². The first-order valence-corrected chi connectivity index (χ1v) is 7.58. The molecule has 7 heteroatoms. The molecule has 0 amide bonds. The highest BCUT2D eigenvalue weighted by Gasteiger charge is 2.25. The van der Waals surface area contributed by atoms with E-state index in [4.69, 9.17) is 5.73 Å². The number of nitrogens with two attached hydrogens (primary N) is 1. The van der Waals surface area contributed by atoms with Crippen LogP contribution in [0.3, 0.4) is 0 Å². The molecule has 1 aromatic rings. The SMILES string of the molecule is CCCN(CC)S(=O)(=O)c1cc(Br)cnc1N. The molecule has 0 aromatic carbocycles. The van der Waals surface area contributed by atoms with Crippen molar-refractivity contribution in [3.63, 3.8) is 0 Å². The Balaban J connectivity index is 3.24. The van der Waals surface area contributed by atoms with Gasteiger partial charge in [0.25, 0.3) is 0 Å². The summed E-state index contributed by atoms with van der Waals surface area (Å²) in [6.45, 7) is 4.63. The highest BCUT2D eigenvalue weighted by molar-refractivity contribution is 9.10. The van der Waals surface area contributed by atoms with Crippen LogP contribution in [0, 0.1) is 0 Å². The molecule has 1 heterocycles. The molecule has 17 heavy (non-hydrogen) atoms. The van der Waals surface area contributed by atoms with E-state index in [2.05, 4.69) is 20.9 Å². The van der Waals surface area contributed by atoms with Crippen molar-refractivity contribution in [3.05, 3.63) is 16.7 Å². The molecule has 0 unspecified atom stereocenters. The normalized spacial score (nSPS) is 12.0. The topological polar surface area (TPSA) is 76.3 Å². The average Bonchev–Trinajstić information content (AvgIpc) is 2.28. The Morgan fingerprint density at radius 3 is 2.65 bits per heavy atom. The first-order chi connectivity index (χ1) is 7.93. The molecule has 0 aliphatic heterocycles. The van der Waals surface area contributed by atoms with Crippen LogP contribution in [0.5, 0.6) is 0 Å². The Morgan fingerprint density at radius 2 is 2.12 bits per heavy atom. The molecule has 2 N–H and O–H groups in total. The van der Waals surface area contributed by atoms with E-state index in [1.807, 2.05) is 6.92 Å². The molecule has 0 atom stereocenters. The summed E-state index contributed by atoms with van der Waals surface area (Å²) >= 11 is 3.20. The predicted molar refractivity (Wildman–Crippen MR) is 71.1 cm³/mol. The fourth-order valence-electron chi connectivity index (χ4n) is 1.47. The molecule has 96 valence electrons. The molecule has 0 bridgehead atoms. The van der Waals surface area contributed by atoms with Gasteiger partial charge in [-0.05, 0) is 28.4 Å². The molecule has 5 nitrogen and oxygen atoms in total. The van der Waals surface area contributed by atoms with E-state index in [0.717, 1.165) is 6.42 Å². The molecular weight excluding hydrogens is 306 g/mol. The number of halogens is 1. The van der Waals surface area contributed by atoms with Crippen molar-refractivity contribution in [2.45, 2.75) is 25.2 Å². The molecule has 0 fully saturated rings. The van der Waals surface area contributed by atoms with Crippen LogP contribution >= 0.6 is 15.9 Å². The minimum absolute atomic E-state index is 0.0303. The maximum Gasteiger partial charge on any atom is 0.246 e. The van der Waals surface area contributed by atoms with Gasteiger partial charge in [-0.2, -0.15) is 4.31 Å². The summed E-state index contributed by atoms with van der Waals surface area (Å²) in [7, 11) is -3.55. The van der Waals surface area contributed by atoms with Crippen LogP contribution in [-0.4, -0.2) is 30.8 Å². The molecule has 1 aromatic heterocycles. The Kier molecular flexibility index (Phi) is 4.91. The van der Waals surface area contributed by atoms with E-state index in [0.29, 0.717) is 17.6 Å². The lowest BCUT2D eigenvalue weighted by Gasteiger charge is -2.20. The first-order valence-electron chi connectivity index (χ1n) is 5.34. The molecule has 0 aliphatic carbocycles. The zero-order valence-electron chi connectivity index (χ0n) is 9.85. The lowest BCUT2D eigenvalue weighted by atomic mass is 10.5. The van der Waals surface area contributed by atoms with Gasteiger partial charge >= 0.3 is 0 Å². The molecular formula is C10H16BrN3O2S. The summed E-state index contributed by atoms with van der Waals surface area (Å²) in [5.41, 5.74) is 5.63. The van der Waals surface area contributed by atoms with Gasteiger partial charge in [0.15, 0.2) is 0 Å². The molecule has 0 saturated heterocycles. The fourth-order valence-corrected chi connectivity index (χ4v) is 3.59. The van der Waals surface area contributed by atoms with Crippen molar-refractivity contribution in [2.24, 2.45) is 0 Å². The summed E-state index contributed by atoms with van der Waals surface area (Å²) in [6.07, 6.45) is 2.23. The van der Waals surface area contributed by atoms with E-state index >= 15 is 0 Å². The molecule has 0 saturated carbocycles. The van der Waals surface area contributed by atoms with Crippen LogP contribution in [0.1, 0.15) is 20.3 Å². The van der Waals surface area contributed by atoms with E-state index < -0.39 is 10.0 Å². The lowest BCUT2D eigenvalue weighted by molar-refractivity contribution is 0.427. The number of pyridine rings is 1. The number of aromatic nitrogens is 1. The van der Waals surface area contributed by atoms with Gasteiger partial charge in [0.1, 0.15) is 10.7 Å². The quantitative estimate of drug-likeness (QED) is 0.897. The standard InChI is InChI=1S/C10H16BrN3O2S/c1-3-5-14(4-2)17(15,16)9-6-8(11)7-13-10(9)12/h6-7H,3-5H2,1-2H3,(H2,12,13).